The minimum Gasteiger partial charge on any atom is -0.497 e. The minimum absolute atomic E-state index is 0.552. The molecule has 0 amide bonds. The Balaban J connectivity index is 1.85. The molecule has 0 radical (unpaired) electrons. The molecule has 0 heterocycles. The Morgan fingerprint density at radius 3 is 2.64 bits per heavy atom. The molecule has 1 aliphatic carbocycles. The Bertz CT molecular complexity index is 538. The summed E-state index contributed by atoms with van der Waals surface area (Å²) in [4.78, 5) is 6.73. The Morgan fingerprint density at radius 1 is 1.24 bits per heavy atom. The van der Waals surface area contributed by atoms with E-state index in [1.807, 2.05) is 25.2 Å². The normalized spacial score (nSPS) is 17.4. The molecule has 0 saturated heterocycles. The fraction of sp³-hybridized carbons (Fsp3) is 0.650. The van der Waals surface area contributed by atoms with E-state index in [1.54, 1.807) is 7.11 Å². The average molecular weight is 347 g/mol. The van der Waals surface area contributed by atoms with Crippen molar-refractivity contribution < 1.29 is 4.74 Å². The number of guanidine groups is 1. The molecule has 25 heavy (non-hydrogen) atoms. The maximum Gasteiger partial charge on any atom is 0.191 e. The molecule has 0 aliphatic heterocycles. The van der Waals surface area contributed by atoms with E-state index >= 15 is 0 Å². The molecule has 2 N–H and O–H groups in total. The Hall–Kier alpha value is -1.75. The van der Waals surface area contributed by atoms with Crippen LogP contribution >= 0.6 is 0 Å². The van der Waals surface area contributed by atoms with Gasteiger partial charge in [-0.2, -0.15) is 0 Å². The molecule has 1 aliphatic rings. The van der Waals surface area contributed by atoms with Crippen molar-refractivity contribution in [2.75, 3.05) is 34.8 Å². The minimum atomic E-state index is 0.552. The highest BCUT2D eigenvalue weighted by atomic mass is 16.5. The Morgan fingerprint density at radius 2 is 2.00 bits per heavy atom. The molecule has 1 fully saturated rings. The molecule has 5 heteroatoms. The summed E-state index contributed by atoms with van der Waals surface area (Å²) in [5.41, 5.74) is 1.18. The Kier molecular flexibility index (Phi) is 8.06. The molecule has 1 atom stereocenters. The molecule has 1 aromatic rings. The van der Waals surface area contributed by atoms with E-state index < -0.39 is 0 Å². The molecule has 0 bridgehead atoms. The van der Waals surface area contributed by atoms with E-state index in [0.29, 0.717) is 6.04 Å². The van der Waals surface area contributed by atoms with Gasteiger partial charge in [0, 0.05) is 26.2 Å². The van der Waals surface area contributed by atoms with Gasteiger partial charge in [-0.3, -0.25) is 4.99 Å². The van der Waals surface area contributed by atoms with Crippen molar-refractivity contribution in [2.45, 2.75) is 44.7 Å². The predicted octanol–water partition coefficient (Wildman–Crippen LogP) is 2.87. The summed E-state index contributed by atoms with van der Waals surface area (Å²) in [6, 6.07) is 8.66. The van der Waals surface area contributed by atoms with Crippen LogP contribution in [0.15, 0.2) is 29.3 Å². The van der Waals surface area contributed by atoms with Gasteiger partial charge in [-0.05, 0) is 50.6 Å². The second-order valence-electron chi connectivity index (χ2n) is 7.09. The number of nitrogens with zero attached hydrogens (tertiary/aromatic N) is 2. The number of hydrogen-bond acceptors (Lipinski definition) is 3. The molecule has 1 aromatic carbocycles. The summed E-state index contributed by atoms with van der Waals surface area (Å²) < 4.78 is 5.28. The van der Waals surface area contributed by atoms with Gasteiger partial charge in [0.2, 0.25) is 0 Å². The van der Waals surface area contributed by atoms with E-state index in [2.05, 4.69) is 40.7 Å². The first-order valence-corrected chi connectivity index (χ1v) is 9.38. The Labute approximate surface area is 152 Å². The molecular formula is C20H34N4O. The van der Waals surface area contributed by atoms with E-state index in [9.17, 15) is 0 Å². The van der Waals surface area contributed by atoms with Crippen LogP contribution in [0, 0.1) is 5.92 Å². The zero-order valence-corrected chi connectivity index (χ0v) is 16.2. The predicted molar refractivity (Wildman–Crippen MR) is 105 cm³/mol. The summed E-state index contributed by atoms with van der Waals surface area (Å²) in [5, 5.41) is 6.91. The summed E-state index contributed by atoms with van der Waals surface area (Å²) >= 11 is 0. The smallest absolute Gasteiger partial charge is 0.191 e. The van der Waals surface area contributed by atoms with Crippen LogP contribution in [0.25, 0.3) is 0 Å². The second-order valence-corrected chi connectivity index (χ2v) is 7.09. The molecule has 2 rings (SSSR count). The standard InChI is InChI=1S/C20H34N4O/c1-21-20(22-14-16-9-8-12-18(13-16)25-4)23-15-19(24(2)3)17-10-6-5-7-11-17/h8-9,12-13,17,19H,5-7,10-11,14-15H2,1-4H3,(H2,21,22,23). The van der Waals surface area contributed by atoms with Crippen LogP contribution in [0.4, 0.5) is 0 Å². The highest BCUT2D eigenvalue weighted by Crippen LogP contribution is 2.28. The number of hydrogen-bond donors (Lipinski definition) is 2. The van der Waals surface area contributed by atoms with Gasteiger partial charge in [0.1, 0.15) is 5.75 Å². The monoisotopic (exact) mass is 346 g/mol. The van der Waals surface area contributed by atoms with Crippen molar-refractivity contribution in [2.24, 2.45) is 10.9 Å². The van der Waals surface area contributed by atoms with Gasteiger partial charge in [-0.25, -0.2) is 0 Å². The lowest BCUT2D eigenvalue weighted by Crippen LogP contribution is -2.48. The van der Waals surface area contributed by atoms with Gasteiger partial charge in [0.05, 0.1) is 7.11 Å². The van der Waals surface area contributed by atoms with E-state index in [-0.39, 0.29) is 0 Å². The van der Waals surface area contributed by atoms with Gasteiger partial charge >= 0.3 is 0 Å². The van der Waals surface area contributed by atoms with Crippen LogP contribution in [-0.4, -0.2) is 51.7 Å². The molecule has 1 saturated carbocycles. The first kappa shape index (κ1) is 19.6. The van der Waals surface area contributed by atoms with Crippen LogP contribution in [0.2, 0.25) is 0 Å². The van der Waals surface area contributed by atoms with Crippen molar-refractivity contribution in [3.63, 3.8) is 0 Å². The quantitative estimate of drug-likeness (QED) is 0.589. The fourth-order valence-electron chi connectivity index (χ4n) is 3.68. The lowest BCUT2D eigenvalue weighted by molar-refractivity contribution is 0.171. The molecule has 0 spiro atoms. The largest absolute Gasteiger partial charge is 0.497 e. The first-order valence-electron chi connectivity index (χ1n) is 9.38. The van der Waals surface area contributed by atoms with Crippen molar-refractivity contribution >= 4 is 5.96 Å². The first-order chi connectivity index (χ1) is 12.1. The van der Waals surface area contributed by atoms with Crippen LogP contribution in [0.3, 0.4) is 0 Å². The SMILES string of the molecule is CN=C(NCc1cccc(OC)c1)NCC(C1CCCCC1)N(C)C. The number of methoxy groups -OCH3 is 1. The van der Waals surface area contributed by atoms with Gasteiger partial charge < -0.3 is 20.3 Å². The van der Waals surface area contributed by atoms with Crippen LogP contribution < -0.4 is 15.4 Å². The summed E-state index contributed by atoms with van der Waals surface area (Å²) in [6.45, 7) is 1.66. The molecule has 140 valence electrons. The molecule has 1 unspecified atom stereocenters. The zero-order valence-electron chi connectivity index (χ0n) is 16.2. The molecule has 5 nitrogen and oxygen atoms in total. The van der Waals surface area contributed by atoms with Crippen LogP contribution in [-0.2, 0) is 6.54 Å². The molecular weight excluding hydrogens is 312 g/mol. The fourth-order valence-corrected chi connectivity index (χ4v) is 3.68. The third kappa shape index (κ3) is 6.24. The van der Waals surface area contributed by atoms with Gasteiger partial charge in [-0.15, -0.1) is 0 Å². The highest BCUT2D eigenvalue weighted by Gasteiger charge is 2.25. The van der Waals surface area contributed by atoms with E-state index in [4.69, 9.17) is 4.74 Å². The second kappa shape index (κ2) is 10.3. The maximum atomic E-state index is 5.28. The average Bonchev–Trinajstić information content (AvgIpc) is 2.65. The number of rotatable bonds is 7. The number of benzene rings is 1. The number of ether oxygens (including phenoxy) is 1. The van der Waals surface area contributed by atoms with Crippen LogP contribution in [0.1, 0.15) is 37.7 Å². The number of likely N-dealkylation sites (N-methyl/N-ethyl adjacent to an activating group) is 1. The number of nitrogens with one attached hydrogen (secondary N) is 2. The summed E-state index contributed by atoms with van der Waals surface area (Å²) in [5.74, 6) is 2.52. The van der Waals surface area contributed by atoms with Gasteiger partial charge in [-0.1, -0.05) is 31.4 Å². The zero-order chi connectivity index (χ0) is 18.1. The lowest BCUT2D eigenvalue weighted by Gasteiger charge is -2.35. The van der Waals surface area contributed by atoms with Gasteiger partial charge in [0.15, 0.2) is 5.96 Å². The van der Waals surface area contributed by atoms with Crippen molar-refractivity contribution in [1.29, 1.82) is 0 Å². The van der Waals surface area contributed by atoms with Gasteiger partial charge in [0.25, 0.3) is 0 Å². The highest BCUT2D eigenvalue weighted by molar-refractivity contribution is 5.79. The lowest BCUT2D eigenvalue weighted by atomic mass is 9.83. The van der Waals surface area contributed by atoms with Crippen molar-refractivity contribution in [3.8, 4) is 5.75 Å². The maximum absolute atomic E-state index is 5.28. The third-order valence-electron chi connectivity index (χ3n) is 5.15. The van der Waals surface area contributed by atoms with Crippen LogP contribution in [0.5, 0.6) is 5.75 Å². The van der Waals surface area contributed by atoms with Crippen molar-refractivity contribution in [1.82, 2.24) is 15.5 Å². The van der Waals surface area contributed by atoms with E-state index in [0.717, 1.165) is 30.7 Å². The number of aliphatic imine (C=N–C) groups is 1. The topological polar surface area (TPSA) is 48.9 Å². The third-order valence-corrected chi connectivity index (χ3v) is 5.15. The van der Waals surface area contributed by atoms with E-state index in [1.165, 1.54) is 37.7 Å². The summed E-state index contributed by atoms with van der Waals surface area (Å²) in [6.07, 6.45) is 6.84. The van der Waals surface area contributed by atoms with Crippen molar-refractivity contribution in [3.05, 3.63) is 29.8 Å². The molecule has 0 aromatic heterocycles. The summed E-state index contributed by atoms with van der Waals surface area (Å²) in [7, 11) is 7.90.